The Morgan fingerprint density at radius 1 is 1.40 bits per heavy atom. The first-order chi connectivity index (χ1) is 7.04. The molecule has 0 fully saturated rings. The monoisotopic (exact) mass is 264 g/mol. The third-order valence-electron chi connectivity index (χ3n) is 1.63. The zero-order chi connectivity index (χ0) is 11.4. The molecule has 0 aliphatic carbocycles. The summed E-state index contributed by atoms with van der Waals surface area (Å²) in [5.41, 5.74) is 0.608. The first kappa shape index (κ1) is 12.4. The Morgan fingerprint density at radius 2 is 2.07 bits per heavy atom. The fraction of sp³-hybridized carbons (Fsp3) is 0.100. The van der Waals surface area contributed by atoms with Crippen LogP contribution in [0.25, 0.3) is 6.08 Å². The zero-order valence-electron chi connectivity index (χ0n) is 7.76. The topological polar surface area (TPSA) is 26.3 Å². The van der Waals surface area contributed by atoms with Crippen molar-refractivity contribution in [3.63, 3.8) is 0 Å². The molecular weight excluding hydrogens is 258 g/mol. The molecule has 0 heterocycles. The summed E-state index contributed by atoms with van der Waals surface area (Å²) in [6.45, 7) is 0. The highest BCUT2D eigenvalue weighted by Crippen LogP contribution is 2.24. The van der Waals surface area contributed by atoms with Gasteiger partial charge < -0.3 is 4.74 Å². The van der Waals surface area contributed by atoms with Crippen LogP contribution in [0, 0.1) is 0 Å². The molecule has 0 radical (unpaired) electrons. The molecule has 1 aromatic rings. The standard InChI is InChI=1S/C10H7Cl3O2/c1-15-10(14)9(13)4-6-2-3-7(11)5-8(6)12/h2-5H,1H3/b9-4-. The summed E-state index contributed by atoms with van der Waals surface area (Å²) < 4.78 is 4.44. The summed E-state index contributed by atoms with van der Waals surface area (Å²) in [4.78, 5) is 11.0. The quantitative estimate of drug-likeness (QED) is 0.601. The lowest BCUT2D eigenvalue weighted by molar-refractivity contribution is -0.135. The Kier molecular flexibility index (Phi) is 4.45. The number of rotatable bonds is 2. The number of carbonyl (C=O) groups excluding carboxylic acids is 1. The third-order valence-corrected chi connectivity index (χ3v) is 2.45. The minimum absolute atomic E-state index is 0.0401. The zero-order valence-corrected chi connectivity index (χ0v) is 10.0. The van der Waals surface area contributed by atoms with Crippen LogP contribution in [0.4, 0.5) is 0 Å². The largest absolute Gasteiger partial charge is 0.465 e. The molecule has 0 atom stereocenters. The summed E-state index contributed by atoms with van der Waals surface area (Å²) in [7, 11) is 1.25. The van der Waals surface area contributed by atoms with Crippen LogP contribution in [0.2, 0.25) is 10.0 Å². The van der Waals surface area contributed by atoms with E-state index < -0.39 is 5.97 Å². The van der Waals surface area contributed by atoms with Crippen molar-refractivity contribution in [3.05, 3.63) is 38.8 Å². The van der Waals surface area contributed by atoms with Crippen LogP contribution in [-0.4, -0.2) is 13.1 Å². The van der Waals surface area contributed by atoms with Gasteiger partial charge in [0.1, 0.15) is 5.03 Å². The summed E-state index contributed by atoms with van der Waals surface area (Å²) in [5, 5.41) is 0.901. The third kappa shape index (κ3) is 3.42. The molecule has 0 aliphatic rings. The summed E-state index contributed by atoms with van der Waals surface area (Å²) in [6.07, 6.45) is 1.42. The molecule has 2 nitrogen and oxygen atoms in total. The van der Waals surface area contributed by atoms with Gasteiger partial charge in [-0.25, -0.2) is 4.79 Å². The van der Waals surface area contributed by atoms with Crippen molar-refractivity contribution < 1.29 is 9.53 Å². The van der Waals surface area contributed by atoms with Crippen LogP contribution in [0.3, 0.4) is 0 Å². The Labute approximate surface area is 102 Å². The summed E-state index contributed by atoms with van der Waals surface area (Å²) in [5.74, 6) is -0.609. The number of methoxy groups -OCH3 is 1. The minimum atomic E-state index is -0.609. The van der Waals surface area contributed by atoms with Gasteiger partial charge in [0.25, 0.3) is 0 Å². The number of ether oxygens (including phenoxy) is 1. The van der Waals surface area contributed by atoms with Crippen LogP contribution in [0.5, 0.6) is 0 Å². The molecule has 0 amide bonds. The number of hydrogen-bond donors (Lipinski definition) is 0. The van der Waals surface area contributed by atoms with Crippen LogP contribution in [-0.2, 0) is 9.53 Å². The fourth-order valence-corrected chi connectivity index (χ4v) is 1.57. The van der Waals surface area contributed by atoms with E-state index in [0.29, 0.717) is 15.6 Å². The SMILES string of the molecule is COC(=O)/C(Cl)=C/c1ccc(Cl)cc1Cl. The van der Waals surface area contributed by atoms with Gasteiger partial charge in [-0.2, -0.15) is 0 Å². The smallest absolute Gasteiger partial charge is 0.349 e. The predicted octanol–water partition coefficient (Wildman–Crippen LogP) is 3.75. The summed E-state index contributed by atoms with van der Waals surface area (Å²) in [6, 6.07) is 4.88. The van der Waals surface area contributed by atoms with Crippen molar-refractivity contribution in [2.45, 2.75) is 0 Å². The second kappa shape index (κ2) is 5.40. The molecular formula is C10H7Cl3O2. The van der Waals surface area contributed by atoms with Crippen molar-refractivity contribution in [2.75, 3.05) is 7.11 Å². The van der Waals surface area contributed by atoms with Crippen molar-refractivity contribution in [1.82, 2.24) is 0 Å². The van der Waals surface area contributed by atoms with Crippen molar-refractivity contribution in [2.24, 2.45) is 0 Å². The first-order valence-corrected chi connectivity index (χ1v) is 5.08. The van der Waals surface area contributed by atoms with Gasteiger partial charge in [-0.3, -0.25) is 0 Å². The molecule has 0 spiro atoms. The van der Waals surface area contributed by atoms with E-state index in [-0.39, 0.29) is 5.03 Å². The lowest BCUT2D eigenvalue weighted by Crippen LogP contribution is -1.99. The number of benzene rings is 1. The van der Waals surface area contributed by atoms with Gasteiger partial charge in [0.05, 0.1) is 7.11 Å². The van der Waals surface area contributed by atoms with E-state index in [4.69, 9.17) is 34.8 Å². The molecule has 1 aromatic carbocycles. The maximum Gasteiger partial charge on any atom is 0.349 e. The van der Waals surface area contributed by atoms with Crippen LogP contribution in [0.1, 0.15) is 5.56 Å². The maximum atomic E-state index is 11.0. The van der Waals surface area contributed by atoms with Crippen molar-refractivity contribution in [3.8, 4) is 0 Å². The lowest BCUT2D eigenvalue weighted by atomic mass is 10.2. The van der Waals surface area contributed by atoms with Gasteiger partial charge in [-0.05, 0) is 23.8 Å². The van der Waals surface area contributed by atoms with Gasteiger partial charge in [-0.1, -0.05) is 40.9 Å². The first-order valence-electron chi connectivity index (χ1n) is 3.95. The highest BCUT2D eigenvalue weighted by Gasteiger charge is 2.07. The van der Waals surface area contributed by atoms with Crippen LogP contribution < -0.4 is 0 Å². The van der Waals surface area contributed by atoms with Gasteiger partial charge in [0.15, 0.2) is 0 Å². The summed E-state index contributed by atoms with van der Waals surface area (Å²) >= 11 is 17.3. The second-order valence-corrected chi connectivity index (χ2v) is 3.90. The van der Waals surface area contributed by atoms with E-state index >= 15 is 0 Å². The van der Waals surface area contributed by atoms with E-state index in [0.717, 1.165) is 0 Å². The highest BCUT2D eigenvalue weighted by molar-refractivity contribution is 6.43. The van der Waals surface area contributed by atoms with E-state index in [1.54, 1.807) is 18.2 Å². The van der Waals surface area contributed by atoms with Crippen LogP contribution in [0.15, 0.2) is 23.2 Å². The number of carbonyl (C=O) groups is 1. The van der Waals surface area contributed by atoms with Gasteiger partial charge in [-0.15, -0.1) is 0 Å². The molecule has 0 aromatic heterocycles. The predicted molar refractivity (Wildman–Crippen MR) is 62.3 cm³/mol. The van der Waals surface area contributed by atoms with Gasteiger partial charge >= 0.3 is 5.97 Å². The van der Waals surface area contributed by atoms with E-state index in [1.807, 2.05) is 0 Å². The molecule has 0 bridgehead atoms. The second-order valence-electron chi connectivity index (χ2n) is 2.65. The van der Waals surface area contributed by atoms with Crippen LogP contribution >= 0.6 is 34.8 Å². The lowest BCUT2D eigenvalue weighted by Gasteiger charge is -2.00. The molecule has 0 N–H and O–H groups in total. The Morgan fingerprint density at radius 3 is 2.60 bits per heavy atom. The Bertz CT molecular complexity index is 413. The highest BCUT2D eigenvalue weighted by atomic mass is 35.5. The average molecular weight is 266 g/mol. The van der Waals surface area contributed by atoms with E-state index in [2.05, 4.69) is 4.74 Å². The minimum Gasteiger partial charge on any atom is -0.465 e. The molecule has 0 unspecified atom stereocenters. The Hall–Kier alpha value is -0.700. The molecule has 5 heteroatoms. The molecule has 80 valence electrons. The van der Waals surface area contributed by atoms with Crippen molar-refractivity contribution >= 4 is 46.8 Å². The molecule has 0 aliphatic heterocycles. The molecule has 0 saturated carbocycles. The number of esters is 1. The molecule has 0 saturated heterocycles. The van der Waals surface area contributed by atoms with Gasteiger partial charge in [0.2, 0.25) is 0 Å². The maximum absolute atomic E-state index is 11.0. The molecule has 1 rings (SSSR count). The number of halogens is 3. The normalized spacial score (nSPS) is 11.3. The van der Waals surface area contributed by atoms with Gasteiger partial charge in [0, 0.05) is 10.0 Å². The number of hydrogen-bond acceptors (Lipinski definition) is 2. The average Bonchev–Trinajstić information content (AvgIpc) is 2.20. The van der Waals surface area contributed by atoms with E-state index in [1.165, 1.54) is 13.2 Å². The van der Waals surface area contributed by atoms with E-state index in [9.17, 15) is 4.79 Å². The van der Waals surface area contributed by atoms with Crippen molar-refractivity contribution in [1.29, 1.82) is 0 Å². The Balaban J connectivity index is 3.03. The fourth-order valence-electron chi connectivity index (χ4n) is 0.912. The molecule has 15 heavy (non-hydrogen) atoms.